The highest BCUT2D eigenvalue weighted by Crippen LogP contribution is 2.21. The summed E-state index contributed by atoms with van der Waals surface area (Å²) < 4.78 is 25.6. The molecule has 0 aliphatic carbocycles. The SMILES string of the molecule is Cc1ccc(N([C@H](C)C(=O)NCCCc2ccccc2Cl)S(C)(=O)=O)cc1. The lowest BCUT2D eigenvalue weighted by Gasteiger charge is -2.28. The fourth-order valence-electron chi connectivity index (χ4n) is 2.84. The lowest BCUT2D eigenvalue weighted by atomic mass is 10.1. The molecule has 2 rings (SSSR count). The second-order valence-electron chi connectivity index (χ2n) is 6.56. The van der Waals surface area contributed by atoms with E-state index in [0.717, 1.165) is 28.1 Å². The highest BCUT2D eigenvalue weighted by molar-refractivity contribution is 7.92. The van der Waals surface area contributed by atoms with Gasteiger partial charge in [-0.1, -0.05) is 47.5 Å². The molecule has 1 amide bonds. The van der Waals surface area contributed by atoms with Crippen molar-refractivity contribution in [1.82, 2.24) is 5.32 Å². The maximum absolute atomic E-state index is 12.5. The predicted molar refractivity (Wildman–Crippen MR) is 111 cm³/mol. The third-order valence-corrected chi connectivity index (χ3v) is 5.87. The molecule has 2 aromatic rings. The highest BCUT2D eigenvalue weighted by atomic mass is 35.5. The second-order valence-corrected chi connectivity index (χ2v) is 8.82. The van der Waals surface area contributed by atoms with Crippen LogP contribution >= 0.6 is 11.6 Å². The topological polar surface area (TPSA) is 66.5 Å². The van der Waals surface area contributed by atoms with Gasteiger partial charge in [-0.05, 0) is 50.5 Å². The van der Waals surface area contributed by atoms with Crippen molar-refractivity contribution in [3.8, 4) is 0 Å². The molecule has 0 radical (unpaired) electrons. The lowest BCUT2D eigenvalue weighted by molar-refractivity contribution is -0.121. The van der Waals surface area contributed by atoms with E-state index in [4.69, 9.17) is 11.6 Å². The molecule has 0 aliphatic heterocycles. The summed E-state index contributed by atoms with van der Waals surface area (Å²) in [7, 11) is -3.60. The van der Waals surface area contributed by atoms with Crippen LogP contribution in [0, 0.1) is 6.92 Å². The van der Waals surface area contributed by atoms with Gasteiger partial charge in [0.25, 0.3) is 0 Å². The summed E-state index contributed by atoms with van der Waals surface area (Å²) in [5.74, 6) is -0.333. The Bertz CT molecular complexity index is 882. The van der Waals surface area contributed by atoms with Gasteiger partial charge in [-0.2, -0.15) is 0 Å². The Morgan fingerprint density at radius 3 is 2.37 bits per heavy atom. The normalized spacial score (nSPS) is 12.4. The van der Waals surface area contributed by atoms with Crippen LogP contribution in [-0.4, -0.2) is 33.2 Å². The summed E-state index contributed by atoms with van der Waals surface area (Å²) in [5, 5.41) is 3.53. The quantitative estimate of drug-likeness (QED) is 0.679. The molecule has 0 saturated carbocycles. The molecule has 7 heteroatoms. The minimum atomic E-state index is -3.60. The van der Waals surface area contributed by atoms with Crippen molar-refractivity contribution in [2.75, 3.05) is 17.1 Å². The van der Waals surface area contributed by atoms with Crippen LogP contribution in [0.2, 0.25) is 5.02 Å². The number of carbonyl (C=O) groups excluding carboxylic acids is 1. The van der Waals surface area contributed by atoms with E-state index in [1.165, 1.54) is 0 Å². The summed E-state index contributed by atoms with van der Waals surface area (Å²) in [6.45, 7) is 3.95. The minimum absolute atomic E-state index is 0.333. The van der Waals surface area contributed by atoms with E-state index in [0.29, 0.717) is 23.7 Å². The molecule has 0 aliphatic rings. The van der Waals surface area contributed by atoms with Crippen LogP contribution in [0.1, 0.15) is 24.5 Å². The van der Waals surface area contributed by atoms with Crippen molar-refractivity contribution >= 4 is 33.2 Å². The number of halogens is 1. The van der Waals surface area contributed by atoms with Crippen LogP contribution in [0.15, 0.2) is 48.5 Å². The molecule has 0 heterocycles. The van der Waals surface area contributed by atoms with Crippen molar-refractivity contribution in [1.29, 1.82) is 0 Å². The Hall–Kier alpha value is -2.05. The molecular formula is C20H25ClN2O3S. The molecule has 0 spiro atoms. The molecule has 146 valence electrons. The summed E-state index contributed by atoms with van der Waals surface area (Å²) in [5.41, 5.74) is 2.52. The van der Waals surface area contributed by atoms with Gasteiger partial charge < -0.3 is 5.32 Å². The Kier molecular flexibility index (Phi) is 7.27. The number of nitrogens with one attached hydrogen (secondary N) is 1. The van der Waals surface area contributed by atoms with Gasteiger partial charge in [0.05, 0.1) is 11.9 Å². The molecule has 1 atom stereocenters. The van der Waals surface area contributed by atoms with E-state index in [1.807, 2.05) is 43.3 Å². The van der Waals surface area contributed by atoms with E-state index < -0.39 is 16.1 Å². The number of benzene rings is 2. The van der Waals surface area contributed by atoms with Gasteiger partial charge in [-0.15, -0.1) is 0 Å². The zero-order chi connectivity index (χ0) is 20.0. The lowest BCUT2D eigenvalue weighted by Crippen LogP contribution is -2.48. The predicted octanol–water partition coefficient (Wildman–Crippen LogP) is 3.55. The van der Waals surface area contributed by atoms with Crippen LogP contribution in [0.5, 0.6) is 0 Å². The van der Waals surface area contributed by atoms with E-state index >= 15 is 0 Å². The average Bonchev–Trinajstić information content (AvgIpc) is 2.60. The molecular weight excluding hydrogens is 384 g/mol. The summed E-state index contributed by atoms with van der Waals surface area (Å²) >= 11 is 6.13. The summed E-state index contributed by atoms with van der Waals surface area (Å²) in [6, 6.07) is 13.8. The summed E-state index contributed by atoms with van der Waals surface area (Å²) in [6.07, 6.45) is 2.56. The van der Waals surface area contributed by atoms with Crippen LogP contribution in [0.3, 0.4) is 0 Å². The first kappa shape index (κ1) is 21.3. The fourth-order valence-corrected chi connectivity index (χ4v) is 4.24. The maximum Gasteiger partial charge on any atom is 0.243 e. The zero-order valence-electron chi connectivity index (χ0n) is 15.8. The van der Waals surface area contributed by atoms with Gasteiger partial charge in [0, 0.05) is 11.6 Å². The van der Waals surface area contributed by atoms with E-state index in [9.17, 15) is 13.2 Å². The average molecular weight is 409 g/mol. The van der Waals surface area contributed by atoms with Crippen molar-refractivity contribution < 1.29 is 13.2 Å². The first-order valence-corrected chi connectivity index (χ1v) is 11.0. The van der Waals surface area contributed by atoms with Gasteiger partial charge in [0.15, 0.2) is 0 Å². The standard InChI is InChI=1S/C20H25ClN2O3S/c1-15-10-12-18(13-11-15)23(27(3,25)26)16(2)20(24)22-14-6-8-17-7-4-5-9-19(17)21/h4-5,7,9-13,16H,6,8,14H2,1-3H3,(H,22,24)/t16-/m1/s1. The highest BCUT2D eigenvalue weighted by Gasteiger charge is 2.28. The van der Waals surface area contributed by atoms with Crippen LogP contribution in [-0.2, 0) is 21.2 Å². The molecule has 27 heavy (non-hydrogen) atoms. The van der Waals surface area contributed by atoms with Crippen molar-refractivity contribution in [3.63, 3.8) is 0 Å². The van der Waals surface area contributed by atoms with Gasteiger partial charge in [-0.3, -0.25) is 9.10 Å². The third-order valence-electron chi connectivity index (χ3n) is 4.26. The Morgan fingerprint density at radius 1 is 1.15 bits per heavy atom. The number of anilines is 1. The fraction of sp³-hybridized carbons (Fsp3) is 0.350. The molecule has 0 aromatic heterocycles. The van der Waals surface area contributed by atoms with Gasteiger partial charge in [-0.25, -0.2) is 8.42 Å². The largest absolute Gasteiger partial charge is 0.354 e. The summed E-state index contributed by atoms with van der Waals surface area (Å²) in [4.78, 5) is 12.5. The van der Waals surface area contributed by atoms with Gasteiger partial charge in [0.1, 0.15) is 6.04 Å². The van der Waals surface area contributed by atoms with Gasteiger partial charge in [0.2, 0.25) is 15.9 Å². The number of nitrogens with zero attached hydrogens (tertiary/aromatic N) is 1. The second kappa shape index (κ2) is 9.24. The van der Waals surface area contributed by atoms with Crippen molar-refractivity contribution in [2.24, 2.45) is 0 Å². The monoisotopic (exact) mass is 408 g/mol. The van der Waals surface area contributed by atoms with Crippen LogP contribution in [0.25, 0.3) is 0 Å². The molecule has 5 nitrogen and oxygen atoms in total. The maximum atomic E-state index is 12.5. The van der Waals surface area contributed by atoms with E-state index in [-0.39, 0.29) is 5.91 Å². The van der Waals surface area contributed by atoms with Crippen LogP contribution < -0.4 is 9.62 Å². The van der Waals surface area contributed by atoms with E-state index in [1.54, 1.807) is 19.1 Å². The molecule has 0 bridgehead atoms. The first-order chi connectivity index (χ1) is 12.7. The number of aryl methyl sites for hydroxylation is 2. The van der Waals surface area contributed by atoms with Crippen molar-refractivity contribution in [3.05, 3.63) is 64.7 Å². The van der Waals surface area contributed by atoms with Gasteiger partial charge >= 0.3 is 0 Å². The Labute approximate surface area is 166 Å². The zero-order valence-corrected chi connectivity index (χ0v) is 17.3. The Balaban J connectivity index is 1.98. The number of rotatable bonds is 8. The molecule has 0 fully saturated rings. The Morgan fingerprint density at radius 2 is 1.78 bits per heavy atom. The van der Waals surface area contributed by atoms with E-state index in [2.05, 4.69) is 5.32 Å². The first-order valence-electron chi connectivity index (χ1n) is 8.77. The number of sulfonamides is 1. The van der Waals surface area contributed by atoms with Crippen molar-refractivity contribution in [2.45, 2.75) is 32.7 Å². The number of carbonyl (C=O) groups is 1. The third kappa shape index (κ3) is 5.97. The molecule has 2 aromatic carbocycles. The van der Waals surface area contributed by atoms with Crippen LogP contribution in [0.4, 0.5) is 5.69 Å². The smallest absolute Gasteiger partial charge is 0.243 e. The number of amides is 1. The molecule has 1 N–H and O–H groups in total. The number of hydrogen-bond acceptors (Lipinski definition) is 3. The number of hydrogen-bond donors (Lipinski definition) is 1. The minimum Gasteiger partial charge on any atom is -0.354 e. The molecule has 0 unspecified atom stereocenters. The molecule has 0 saturated heterocycles.